The van der Waals surface area contributed by atoms with Gasteiger partial charge >= 0.3 is 0 Å². The lowest BCUT2D eigenvalue weighted by Crippen LogP contribution is -2.15. The number of nitrogens with one attached hydrogen (secondary N) is 1. The van der Waals surface area contributed by atoms with E-state index >= 15 is 0 Å². The van der Waals surface area contributed by atoms with Crippen molar-refractivity contribution < 1.29 is 4.79 Å². The van der Waals surface area contributed by atoms with Crippen molar-refractivity contribution in [3.63, 3.8) is 0 Å². The van der Waals surface area contributed by atoms with Crippen molar-refractivity contribution in [1.29, 1.82) is 0 Å². The third-order valence-corrected chi connectivity index (χ3v) is 4.03. The summed E-state index contributed by atoms with van der Waals surface area (Å²) in [5.74, 6) is -0.257. The quantitative estimate of drug-likeness (QED) is 0.749. The van der Waals surface area contributed by atoms with Gasteiger partial charge in [-0.15, -0.1) is 0 Å². The van der Waals surface area contributed by atoms with Gasteiger partial charge in [-0.25, -0.2) is 4.98 Å². The van der Waals surface area contributed by atoms with E-state index < -0.39 is 0 Å². The fourth-order valence-corrected chi connectivity index (χ4v) is 2.61. The highest BCUT2D eigenvalue weighted by atomic mass is 35.5. The molecule has 112 valence electrons. The van der Waals surface area contributed by atoms with Crippen LogP contribution in [-0.4, -0.2) is 15.3 Å². The van der Waals surface area contributed by atoms with Gasteiger partial charge in [0, 0.05) is 16.9 Å². The first-order valence-electron chi connectivity index (χ1n) is 6.67. The second-order valence-electron chi connectivity index (χ2n) is 5.04. The number of carbonyl (C=O) groups is 1. The van der Waals surface area contributed by atoms with Gasteiger partial charge in [-0.2, -0.15) is 0 Å². The van der Waals surface area contributed by atoms with Gasteiger partial charge in [0.2, 0.25) is 0 Å². The van der Waals surface area contributed by atoms with Crippen molar-refractivity contribution in [2.75, 3.05) is 5.32 Å². The van der Waals surface area contributed by atoms with Crippen LogP contribution in [0.15, 0.2) is 36.5 Å². The number of benzene rings is 1. The number of hydrogen-bond acceptors (Lipinski definition) is 2. The molecule has 0 aliphatic rings. The Balaban J connectivity index is 2.00. The summed E-state index contributed by atoms with van der Waals surface area (Å²) in [5.41, 5.74) is 3.36. The molecule has 0 unspecified atom stereocenters. The van der Waals surface area contributed by atoms with E-state index in [1.165, 1.54) is 0 Å². The van der Waals surface area contributed by atoms with Gasteiger partial charge in [-0.3, -0.25) is 9.20 Å². The maximum absolute atomic E-state index is 12.6. The minimum absolute atomic E-state index is 0.257. The van der Waals surface area contributed by atoms with Crippen LogP contribution in [0.1, 0.15) is 21.7 Å². The Bertz CT molecular complexity index is 886. The van der Waals surface area contributed by atoms with Gasteiger partial charge in [0.05, 0.1) is 10.7 Å². The van der Waals surface area contributed by atoms with Crippen molar-refractivity contribution >= 4 is 40.4 Å². The van der Waals surface area contributed by atoms with Crippen LogP contribution in [0.5, 0.6) is 0 Å². The van der Waals surface area contributed by atoms with Gasteiger partial charge in [-0.05, 0) is 43.7 Å². The zero-order valence-corrected chi connectivity index (χ0v) is 13.5. The molecule has 1 amide bonds. The number of fused-ring (bicyclic) bond motifs is 1. The summed E-state index contributed by atoms with van der Waals surface area (Å²) in [6, 6.07) is 8.90. The van der Waals surface area contributed by atoms with E-state index in [4.69, 9.17) is 23.2 Å². The first kappa shape index (κ1) is 14.9. The maximum atomic E-state index is 12.6. The molecule has 0 spiro atoms. The second kappa shape index (κ2) is 5.63. The summed E-state index contributed by atoms with van der Waals surface area (Å²) < 4.78 is 1.68. The zero-order chi connectivity index (χ0) is 15.9. The monoisotopic (exact) mass is 333 g/mol. The number of aryl methyl sites for hydroxylation is 2. The third-order valence-electron chi connectivity index (χ3n) is 3.40. The van der Waals surface area contributed by atoms with Crippen molar-refractivity contribution in [3.05, 3.63) is 63.5 Å². The Morgan fingerprint density at radius 1 is 1.18 bits per heavy atom. The molecule has 3 rings (SSSR count). The Hall–Kier alpha value is -2.04. The van der Waals surface area contributed by atoms with Gasteiger partial charge in [0.1, 0.15) is 11.3 Å². The van der Waals surface area contributed by atoms with Crippen LogP contribution in [0.4, 0.5) is 5.69 Å². The summed E-state index contributed by atoms with van der Waals surface area (Å²) >= 11 is 12.1. The molecule has 0 bridgehead atoms. The number of hydrogen-bond donors (Lipinski definition) is 1. The fraction of sp³-hybridized carbons (Fsp3) is 0.125. The number of rotatable bonds is 2. The van der Waals surface area contributed by atoms with Gasteiger partial charge in [0.15, 0.2) is 0 Å². The number of amides is 1. The first-order chi connectivity index (χ1) is 10.5. The van der Waals surface area contributed by atoms with Crippen molar-refractivity contribution in [3.8, 4) is 0 Å². The zero-order valence-electron chi connectivity index (χ0n) is 12.0. The predicted octanol–water partition coefficient (Wildman–Crippen LogP) is 4.51. The van der Waals surface area contributed by atoms with E-state index in [0.29, 0.717) is 32.8 Å². The molecule has 0 radical (unpaired) electrons. The van der Waals surface area contributed by atoms with E-state index in [2.05, 4.69) is 10.3 Å². The molecule has 0 saturated heterocycles. The summed E-state index contributed by atoms with van der Waals surface area (Å²) in [4.78, 5) is 16.9. The molecule has 2 aromatic heterocycles. The molecule has 0 aliphatic heterocycles. The molecule has 0 atom stereocenters. The van der Waals surface area contributed by atoms with Crippen LogP contribution in [0.25, 0.3) is 5.65 Å². The summed E-state index contributed by atoms with van der Waals surface area (Å²) in [6.45, 7) is 3.70. The molecule has 3 aromatic rings. The summed E-state index contributed by atoms with van der Waals surface area (Å²) in [6.07, 6.45) is 1.67. The van der Waals surface area contributed by atoms with Crippen molar-refractivity contribution in [2.45, 2.75) is 13.8 Å². The number of anilines is 1. The van der Waals surface area contributed by atoms with Crippen molar-refractivity contribution in [1.82, 2.24) is 9.38 Å². The molecule has 0 saturated carbocycles. The molecule has 0 fully saturated rings. The SMILES string of the molecule is Cc1ccc(NC(=O)c2c(C)nc3ccc(Cl)cn23)cc1Cl. The normalized spacial score (nSPS) is 10.9. The Labute approximate surface area is 137 Å². The second-order valence-corrected chi connectivity index (χ2v) is 5.88. The highest BCUT2D eigenvalue weighted by Gasteiger charge is 2.17. The van der Waals surface area contributed by atoms with Crippen LogP contribution in [0, 0.1) is 13.8 Å². The minimum atomic E-state index is -0.257. The Morgan fingerprint density at radius 3 is 2.68 bits per heavy atom. The number of pyridine rings is 1. The third kappa shape index (κ3) is 2.67. The molecular weight excluding hydrogens is 321 g/mol. The van der Waals surface area contributed by atoms with Crippen LogP contribution in [0.2, 0.25) is 10.0 Å². The Morgan fingerprint density at radius 2 is 1.95 bits per heavy atom. The molecule has 0 aliphatic carbocycles. The van der Waals surface area contributed by atoms with Gasteiger partial charge < -0.3 is 5.32 Å². The average Bonchev–Trinajstić information content (AvgIpc) is 2.78. The fourth-order valence-electron chi connectivity index (χ4n) is 2.27. The minimum Gasteiger partial charge on any atom is -0.321 e. The lowest BCUT2D eigenvalue weighted by molar-refractivity contribution is 0.102. The van der Waals surface area contributed by atoms with Gasteiger partial charge in [0.25, 0.3) is 5.91 Å². The van der Waals surface area contributed by atoms with Crippen LogP contribution in [0.3, 0.4) is 0 Å². The summed E-state index contributed by atoms with van der Waals surface area (Å²) in [5, 5.41) is 3.98. The predicted molar refractivity (Wildman–Crippen MR) is 89.1 cm³/mol. The number of nitrogens with zero attached hydrogens (tertiary/aromatic N) is 2. The molecule has 22 heavy (non-hydrogen) atoms. The Kier molecular flexibility index (Phi) is 3.81. The lowest BCUT2D eigenvalue weighted by atomic mass is 10.2. The van der Waals surface area contributed by atoms with E-state index in [1.807, 2.05) is 19.1 Å². The number of carbonyl (C=O) groups excluding carboxylic acids is 1. The molecule has 4 nitrogen and oxygen atoms in total. The van der Waals surface area contributed by atoms with E-state index in [-0.39, 0.29) is 5.91 Å². The number of imidazole rings is 1. The lowest BCUT2D eigenvalue weighted by Gasteiger charge is -2.07. The molecule has 1 aromatic carbocycles. The van der Waals surface area contributed by atoms with E-state index in [9.17, 15) is 4.79 Å². The standard InChI is InChI=1S/C16H13Cl2N3O/c1-9-3-5-12(7-13(9)18)20-16(22)15-10(2)19-14-6-4-11(17)8-21(14)15/h3-8H,1-2H3,(H,20,22). The van der Waals surface area contributed by atoms with Crippen LogP contribution in [-0.2, 0) is 0 Å². The molecule has 6 heteroatoms. The molecule has 2 heterocycles. The molecular formula is C16H13Cl2N3O. The van der Waals surface area contributed by atoms with Gasteiger partial charge in [-0.1, -0.05) is 29.3 Å². The van der Waals surface area contributed by atoms with Crippen LogP contribution < -0.4 is 5.32 Å². The largest absolute Gasteiger partial charge is 0.321 e. The number of aromatic nitrogens is 2. The highest BCUT2D eigenvalue weighted by molar-refractivity contribution is 6.31. The highest BCUT2D eigenvalue weighted by Crippen LogP contribution is 2.22. The number of halogens is 2. The van der Waals surface area contributed by atoms with Crippen LogP contribution >= 0.6 is 23.2 Å². The first-order valence-corrected chi connectivity index (χ1v) is 7.43. The summed E-state index contributed by atoms with van der Waals surface area (Å²) in [7, 11) is 0. The van der Waals surface area contributed by atoms with E-state index in [0.717, 1.165) is 5.56 Å². The van der Waals surface area contributed by atoms with Crippen molar-refractivity contribution in [2.24, 2.45) is 0 Å². The molecule has 1 N–H and O–H groups in total. The topological polar surface area (TPSA) is 46.4 Å². The van der Waals surface area contributed by atoms with E-state index in [1.54, 1.807) is 35.7 Å². The average molecular weight is 334 g/mol. The smallest absolute Gasteiger partial charge is 0.274 e. The maximum Gasteiger partial charge on any atom is 0.274 e.